The normalized spacial score (nSPS) is 16.0. The summed E-state index contributed by atoms with van der Waals surface area (Å²) in [7, 11) is 1.35. The fourth-order valence-corrected chi connectivity index (χ4v) is 3.44. The summed E-state index contributed by atoms with van der Waals surface area (Å²) in [6, 6.07) is 12.6. The second-order valence-electron chi connectivity index (χ2n) is 7.46. The van der Waals surface area contributed by atoms with Gasteiger partial charge in [0.05, 0.1) is 18.7 Å². The smallest absolute Gasteiger partial charge is 0.337 e. The topological polar surface area (TPSA) is 76.7 Å². The highest BCUT2D eigenvalue weighted by molar-refractivity contribution is 5.95. The van der Waals surface area contributed by atoms with E-state index in [1.807, 2.05) is 56.3 Å². The minimum atomic E-state index is -0.576. The van der Waals surface area contributed by atoms with Crippen LogP contribution in [0, 0.1) is 13.8 Å². The van der Waals surface area contributed by atoms with Gasteiger partial charge in [0, 0.05) is 5.70 Å². The summed E-state index contributed by atoms with van der Waals surface area (Å²) >= 11 is 0. The van der Waals surface area contributed by atoms with Crippen molar-refractivity contribution in [3.63, 3.8) is 0 Å². The summed E-state index contributed by atoms with van der Waals surface area (Å²) in [5, 5.41) is 5.62. The van der Waals surface area contributed by atoms with Crippen LogP contribution in [0.5, 0.6) is 11.5 Å². The Hall–Kier alpha value is -3.28. The third kappa shape index (κ3) is 4.82. The molecule has 0 aromatic heterocycles. The van der Waals surface area contributed by atoms with Crippen molar-refractivity contribution in [3.05, 3.63) is 70.4 Å². The van der Waals surface area contributed by atoms with Crippen molar-refractivity contribution in [2.75, 3.05) is 7.11 Å². The SMILES string of the molecule is CCCCC1=C(C(=O)OC)C(c2ccc(Oc3cc(C)ccc3C)cc2)NC(=O)N1. The Labute approximate surface area is 177 Å². The van der Waals surface area contributed by atoms with E-state index in [1.165, 1.54) is 7.11 Å². The third-order valence-corrected chi connectivity index (χ3v) is 5.12. The molecule has 2 N–H and O–H groups in total. The molecule has 2 aromatic rings. The molecule has 0 saturated carbocycles. The van der Waals surface area contributed by atoms with Gasteiger partial charge in [-0.2, -0.15) is 0 Å². The van der Waals surface area contributed by atoms with E-state index in [2.05, 4.69) is 17.6 Å². The van der Waals surface area contributed by atoms with Crippen LogP contribution in [-0.2, 0) is 9.53 Å². The molecule has 0 radical (unpaired) electrons. The Balaban J connectivity index is 1.90. The number of rotatable bonds is 7. The number of urea groups is 1. The number of unbranched alkanes of at least 4 members (excludes halogenated alkanes) is 1. The lowest BCUT2D eigenvalue weighted by Gasteiger charge is -2.29. The zero-order valence-electron chi connectivity index (χ0n) is 17.9. The second kappa shape index (κ2) is 9.48. The monoisotopic (exact) mass is 408 g/mol. The predicted octanol–water partition coefficient (Wildman–Crippen LogP) is 5.07. The molecule has 6 nitrogen and oxygen atoms in total. The minimum absolute atomic E-state index is 0.325. The van der Waals surface area contributed by atoms with Gasteiger partial charge in [0.1, 0.15) is 11.5 Å². The van der Waals surface area contributed by atoms with Crippen molar-refractivity contribution >= 4 is 12.0 Å². The average Bonchev–Trinajstić information content (AvgIpc) is 2.74. The Kier molecular flexibility index (Phi) is 6.77. The van der Waals surface area contributed by atoms with Crippen molar-refractivity contribution in [3.8, 4) is 11.5 Å². The van der Waals surface area contributed by atoms with Crippen LogP contribution in [0.4, 0.5) is 4.79 Å². The standard InChI is InChI=1S/C24H28N2O4/c1-5-6-7-19-21(23(27)29-4)22(26-24(28)25-19)17-10-12-18(13-11-17)30-20-14-15(2)8-9-16(20)3/h8-14,22H,5-7H2,1-4H3,(H2,25,26,28). The maximum atomic E-state index is 12.5. The maximum Gasteiger partial charge on any atom is 0.337 e. The van der Waals surface area contributed by atoms with E-state index >= 15 is 0 Å². The highest BCUT2D eigenvalue weighted by Gasteiger charge is 2.33. The third-order valence-electron chi connectivity index (χ3n) is 5.12. The van der Waals surface area contributed by atoms with E-state index in [4.69, 9.17) is 9.47 Å². The minimum Gasteiger partial charge on any atom is -0.466 e. The number of esters is 1. The zero-order valence-corrected chi connectivity index (χ0v) is 17.9. The van der Waals surface area contributed by atoms with Crippen LogP contribution in [0.1, 0.15) is 48.9 Å². The summed E-state index contributed by atoms with van der Waals surface area (Å²) in [5.41, 5.74) is 4.01. The first-order chi connectivity index (χ1) is 14.4. The predicted molar refractivity (Wildman–Crippen MR) is 115 cm³/mol. The summed E-state index contributed by atoms with van der Waals surface area (Å²) in [6.45, 7) is 6.08. The van der Waals surface area contributed by atoms with Gasteiger partial charge in [-0.15, -0.1) is 0 Å². The number of aryl methyl sites for hydroxylation is 2. The molecule has 0 fully saturated rings. The van der Waals surface area contributed by atoms with Crippen LogP contribution >= 0.6 is 0 Å². The number of methoxy groups -OCH3 is 1. The highest BCUT2D eigenvalue weighted by Crippen LogP contribution is 2.32. The van der Waals surface area contributed by atoms with Crippen LogP contribution < -0.4 is 15.4 Å². The van der Waals surface area contributed by atoms with Crippen LogP contribution in [0.3, 0.4) is 0 Å². The molecular formula is C24H28N2O4. The van der Waals surface area contributed by atoms with E-state index in [-0.39, 0.29) is 6.03 Å². The number of benzene rings is 2. The molecule has 1 aliphatic rings. The Morgan fingerprint density at radius 2 is 1.83 bits per heavy atom. The Bertz CT molecular complexity index is 964. The number of carbonyl (C=O) groups excluding carboxylic acids is 2. The quantitative estimate of drug-likeness (QED) is 0.627. The molecule has 1 atom stereocenters. The number of ether oxygens (including phenoxy) is 2. The van der Waals surface area contributed by atoms with Gasteiger partial charge in [-0.3, -0.25) is 0 Å². The number of allylic oxidation sites excluding steroid dienone is 1. The molecule has 158 valence electrons. The number of hydrogen-bond donors (Lipinski definition) is 2. The number of amides is 2. The Morgan fingerprint density at radius 3 is 2.50 bits per heavy atom. The van der Waals surface area contributed by atoms with Gasteiger partial charge in [0.15, 0.2) is 0 Å². The van der Waals surface area contributed by atoms with Gasteiger partial charge in [0.25, 0.3) is 0 Å². The molecule has 0 aliphatic carbocycles. The summed E-state index contributed by atoms with van der Waals surface area (Å²) < 4.78 is 11.0. The van der Waals surface area contributed by atoms with E-state index in [0.29, 0.717) is 23.4 Å². The van der Waals surface area contributed by atoms with Crippen LogP contribution in [0.15, 0.2) is 53.7 Å². The van der Waals surface area contributed by atoms with Crippen LogP contribution in [0.25, 0.3) is 0 Å². The van der Waals surface area contributed by atoms with Gasteiger partial charge in [0.2, 0.25) is 0 Å². The summed E-state index contributed by atoms with van der Waals surface area (Å²) in [4.78, 5) is 24.7. The lowest BCUT2D eigenvalue weighted by Crippen LogP contribution is -2.45. The van der Waals surface area contributed by atoms with E-state index < -0.39 is 12.0 Å². The maximum absolute atomic E-state index is 12.5. The molecule has 1 unspecified atom stereocenters. The van der Waals surface area contributed by atoms with Gasteiger partial charge in [-0.1, -0.05) is 37.6 Å². The van der Waals surface area contributed by atoms with Crippen molar-refractivity contribution in [1.82, 2.24) is 10.6 Å². The fourth-order valence-electron chi connectivity index (χ4n) is 3.44. The Morgan fingerprint density at radius 1 is 1.10 bits per heavy atom. The van der Waals surface area contributed by atoms with Crippen molar-refractivity contribution in [2.45, 2.75) is 46.1 Å². The first-order valence-corrected chi connectivity index (χ1v) is 10.2. The zero-order chi connectivity index (χ0) is 21.7. The van der Waals surface area contributed by atoms with Crippen LogP contribution in [0.2, 0.25) is 0 Å². The van der Waals surface area contributed by atoms with Crippen molar-refractivity contribution in [2.24, 2.45) is 0 Å². The average molecular weight is 408 g/mol. The first kappa shape index (κ1) is 21.4. The van der Waals surface area contributed by atoms with Gasteiger partial charge >= 0.3 is 12.0 Å². The number of nitrogens with one attached hydrogen (secondary N) is 2. The fraction of sp³-hybridized carbons (Fsp3) is 0.333. The van der Waals surface area contributed by atoms with Crippen molar-refractivity contribution in [1.29, 1.82) is 0 Å². The molecule has 0 saturated heterocycles. The van der Waals surface area contributed by atoms with E-state index in [0.717, 1.165) is 35.3 Å². The number of hydrogen-bond acceptors (Lipinski definition) is 4. The van der Waals surface area contributed by atoms with Crippen LogP contribution in [-0.4, -0.2) is 19.1 Å². The molecule has 2 amide bonds. The van der Waals surface area contributed by atoms with E-state index in [9.17, 15) is 9.59 Å². The van der Waals surface area contributed by atoms with Crippen molar-refractivity contribution < 1.29 is 19.1 Å². The number of carbonyl (C=O) groups is 2. The second-order valence-corrected chi connectivity index (χ2v) is 7.46. The molecule has 0 spiro atoms. The summed E-state index contributed by atoms with van der Waals surface area (Å²) in [5.74, 6) is 1.03. The van der Waals surface area contributed by atoms with Gasteiger partial charge in [-0.05, 0) is 61.6 Å². The molecule has 3 rings (SSSR count). The first-order valence-electron chi connectivity index (χ1n) is 10.2. The molecule has 6 heteroatoms. The molecule has 30 heavy (non-hydrogen) atoms. The molecule has 1 aliphatic heterocycles. The molecule has 2 aromatic carbocycles. The lowest BCUT2D eigenvalue weighted by molar-refractivity contribution is -0.136. The molecule has 1 heterocycles. The molecular weight excluding hydrogens is 380 g/mol. The van der Waals surface area contributed by atoms with E-state index in [1.54, 1.807) is 0 Å². The molecule has 0 bridgehead atoms. The summed E-state index contributed by atoms with van der Waals surface area (Å²) in [6.07, 6.45) is 2.43. The highest BCUT2D eigenvalue weighted by atomic mass is 16.5. The lowest BCUT2D eigenvalue weighted by atomic mass is 9.93. The largest absolute Gasteiger partial charge is 0.466 e. The van der Waals surface area contributed by atoms with Gasteiger partial charge in [-0.25, -0.2) is 9.59 Å². The van der Waals surface area contributed by atoms with Gasteiger partial charge < -0.3 is 20.1 Å².